The number of nitrogens with zero attached hydrogens (tertiary/aromatic N) is 1. The third-order valence-electron chi connectivity index (χ3n) is 3.21. The number of aromatic hydroxyl groups is 2. The Bertz CT molecular complexity index is 736. The van der Waals surface area contributed by atoms with E-state index in [-0.39, 0.29) is 24.5 Å². The van der Waals surface area contributed by atoms with Crippen molar-refractivity contribution in [2.45, 2.75) is 12.8 Å². The van der Waals surface area contributed by atoms with Crippen LogP contribution < -0.4 is 4.90 Å². The van der Waals surface area contributed by atoms with Crippen LogP contribution in [0.3, 0.4) is 0 Å². The maximum Gasteiger partial charge on any atom is 0.256 e. The van der Waals surface area contributed by atoms with Crippen LogP contribution in [-0.4, -0.2) is 22.0 Å². The highest BCUT2D eigenvalue weighted by molar-refractivity contribution is 6.33. The highest BCUT2D eigenvalue weighted by Crippen LogP contribution is 2.49. The molecular formula is C14H10ClNO5. The van der Waals surface area contributed by atoms with E-state index in [1.165, 1.54) is 0 Å². The molecule has 7 heteroatoms. The third kappa shape index (κ3) is 2.04. The van der Waals surface area contributed by atoms with Crippen molar-refractivity contribution in [1.82, 2.24) is 0 Å². The number of amides is 2. The fourth-order valence-electron chi connectivity index (χ4n) is 2.18. The molecule has 2 heterocycles. The van der Waals surface area contributed by atoms with Gasteiger partial charge in [0.1, 0.15) is 0 Å². The molecule has 1 aromatic heterocycles. The van der Waals surface area contributed by atoms with Gasteiger partial charge in [-0.2, -0.15) is 0 Å². The van der Waals surface area contributed by atoms with Gasteiger partial charge in [-0.1, -0.05) is 23.7 Å². The van der Waals surface area contributed by atoms with E-state index >= 15 is 0 Å². The van der Waals surface area contributed by atoms with Crippen molar-refractivity contribution in [2.75, 3.05) is 4.90 Å². The molecule has 0 radical (unpaired) electrons. The van der Waals surface area contributed by atoms with Gasteiger partial charge in [-0.15, -0.1) is 0 Å². The van der Waals surface area contributed by atoms with Gasteiger partial charge in [0, 0.05) is 18.4 Å². The molecule has 0 spiro atoms. The van der Waals surface area contributed by atoms with Gasteiger partial charge in [0.2, 0.25) is 23.3 Å². The predicted molar refractivity (Wildman–Crippen MR) is 74.2 cm³/mol. The van der Waals surface area contributed by atoms with E-state index in [4.69, 9.17) is 16.0 Å². The SMILES string of the molecule is O=C1CCC(=O)N1c1oc(-c2ccccc2Cl)c(O)c1O. The normalized spacial score (nSPS) is 15.0. The van der Waals surface area contributed by atoms with Crippen LogP contribution in [0.1, 0.15) is 12.8 Å². The highest BCUT2D eigenvalue weighted by atomic mass is 35.5. The fourth-order valence-corrected chi connectivity index (χ4v) is 2.41. The van der Waals surface area contributed by atoms with Crippen molar-refractivity contribution >= 4 is 29.3 Å². The molecule has 0 atom stereocenters. The summed E-state index contributed by atoms with van der Waals surface area (Å²) in [5.41, 5.74) is 0.345. The molecule has 21 heavy (non-hydrogen) atoms. The first-order valence-corrected chi connectivity index (χ1v) is 6.54. The summed E-state index contributed by atoms with van der Waals surface area (Å²) in [4.78, 5) is 24.1. The highest BCUT2D eigenvalue weighted by Gasteiger charge is 2.37. The number of carbonyl (C=O) groups excluding carboxylic acids is 2. The van der Waals surface area contributed by atoms with Crippen LogP contribution >= 0.6 is 11.6 Å². The molecule has 1 aliphatic rings. The Morgan fingerprint density at radius 1 is 1.05 bits per heavy atom. The van der Waals surface area contributed by atoms with Crippen LogP contribution in [0.15, 0.2) is 28.7 Å². The molecule has 2 amide bonds. The first-order chi connectivity index (χ1) is 10.0. The van der Waals surface area contributed by atoms with Gasteiger partial charge in [0.25, 0.3) is 5.88 Å². The van der Waals surface area contributed by atoms with Crippen LogP contribution in [0, 0.1) is 0 Å². The molecule has 2 N–H and O–H groups in total. The number of anilines is 1. The Hall–Kier alpha value is -2.47. The average molecular weight is 308 g/mol. The molecule has 3 rings (SSSR count). The summed E-state index contributed by atoms with van der Waals surface area (Å²) >= 11 is 6.01. The lowest BCUT2D eigenvalue weighted by Crippen LogP contribution is -2.28. The number of benzene rings is 1. The average Bonchev–Trinajstić information content (AvgIpc) is 2.93. The van der Waals surface area contributed by atoms with E-state index in [9.17, 15) is 19.8 Å². The number of hydrogen-bond donors (Lipinski definition) is 2. The summed E-state index contributed by atoms with van der Waals surface area (Å²) in [7, 11) is 0. The first kappa shape index (κ1) is 13.5. The summed E-state index contributed by atoms with van der Waals surface area (Å²) in [6.07, 6.45) is 0.0856. The number of rotatable bonds is 2. The minimum absolute atomic E-state index is 0.0428. The summed E-state index contributed by atoms with van der Waals surface area (Å²) < 4.78 is 5.34. The fraction of sp³-hybridized carbons (Fsp3) is 0.143. The van der Waals surface area contributed by atoms with E-state index in [0.29, 0.717) is 10.6 Å². The summed E-state index contributed by atoms with van der Waals surface area (Å²) in [6, 6.07) is 6.53. The quantitative estimate of drug-likeness (QED) is 0.832. The summed E-state index contributed by atoms with van der Waals surface area (Å²) in [5.74, 6) is -2.68. The molecular weight excluding hydrogens is 298 g/mol. The molecule has 1 aromatic carbocycles. The molecule has 1 saturated heterocycles. The van der Waals surface area contributed by atoms with E-state index in [1.54, 1.807) is 24.3 Å². The van der Waals surface area contributed by atoms with Crippen LogP contribution in [0.2, 0.25) is 5.02 Å². The van der Waals surface area contributed by atoms with Crippen molar-refractivity contribution in [2.24, 2.45) is 0 Å². The summed E-state index contributed by atoms with van der Waals surface area (Å²) in [5, 5.41) is 20.2. The van der Waals surface area contributed by atoms with Gasteiger partial charge >= 0.3 is 0 Å². The summed E-state index contributed by atoms with van der Waals surface area (Å²) in [6.45, 7) is 0. The second kappa shape index (κ2) is 4.82. The minimum Gasteiger partial charge on any atom is -0.502 e. The number of carbonyl (C=O) groups is 2. The van der Waals surface area contributed by atoms with Gasteiger partial charge in [0.15, 0.2) is 5.76 Å². The second-order valence-electron chi connectivity index (χ2n) is 4.54. The van der Waals surface area contributed by atoms with Crippen LogP contribution in [0.5, 0.6) is 11.5 Å². The molecule has 6 nitrogen and oxygen atoms in total. The zero-order valence-electron chi connectivity index (χ0n) is 10.7. The van der Waals surface area contributed by atoms with Crippen LogP contribution in [0.4, 0.5) is 5.88 Å². The molecule has 1 aliphatic heterocycles. The first-order valence-electron chi connectivity index (χ1n) is 6.16. The molecule has 0 unspecified atom stereocenters. The Kier molecular flexibility index (Phi) is 3.10. The predicted octanol–water partition coefficient (Wildman–Crippen LogP) is 2.66. The topological polar surface area (TPSA) is 91.0 Å². The van der Waals surface area contributed by atoms with Gasteiger partial charge in [-0.25, -0.2) is 4.90 Å². The van der Waals surface area contributed by atoms with E-state index in [1.807, 2.05) is 0 Å². The van der Waals surface area contributed by atoms with Gasteiger partial charge in [-0.05, 0) is 12.1 Å². The standard InChI is InChI=1S/C14H10ClNO5/c15-8-4-2-1-3-7(8)13-11(19)12(20)14(21-13)16-9(17)5-6-10(16)18/h1-4,19-20H,5-6H2. The maximum absolute atomic E-state index is 11.7. The lowest BCUT2D eigenvalue weighted by Gasteiger charge is -2.09. The lowest BCUT2D eigenvalue weighted by molar-refractivity contribution is -0.121. The Balaban J connectivity index is 2.14. The Morgan fingerprint density at radius 3 is 2.29 bits per heavy atom. The number of hydrogen-bond acceptors (Lipinski definition) is 5. The molecule has 0 bridgehead atoms. The van der Waals surface area contributed by atoms with E-state index < -0.39 is 23.3 Å². The maximum atomic E-state index is 11.7. The van der Waals surface area contributed by atoms with Crippen molar-refractivity contribution < 1.29 is 24.2 Å². The van der Waals surface area contributed by atoms with Crippen molar-refractivity contribution in [1.29, 1.82) is 0 Å². The number of halogens is 1. The molecule has 0 aliphatic carbocycles. The third-order valence-corrected chi connectivity index (χ3v) is 3.54. The molecule has 108 valence electrons. The zero-order valence-corrected chi connectivity index (χ0v) is 11.4. The Morgan fingerprint density at radius 2 is 1.67 bits per heavy atom. The van der Waals surface area contributed by atoms with Gasteiger partial charge in [0.05, 0.1) is 5.02 Å². The van der Waals surface area contributed by atoms with Crippen molar-refractivity contribution in [3.8, 4) is 22.8 Å². The molecule has 1 fully saturated rings. The van der Waals surface area contributed by atoms with Gasteiger partial charge in [-0.3, -0.25) is 9.59 Å². The second-order valence-corrected chi connectivity index (χ2v) is 4.94. The smallest absolute Gasteiger partial charge is 0.256 e. The number of furan rings is 1. The zero-order chi connectivity index (χ0) is 15.1. The van der Waals surface area contributed by atoms with E-state index in [0.717, 1.165) is 4.90 Å². The molecule has 2 aromatic rings. The number of imide groups is 1. The van der Waals surface area contributed by atoms with Crippen LogP contribution in [-0.2, 0) is 9.59 Å². The Labute approximate surface area is 124 Å². The minimum atomic E-state index is -0.659. The van der Waals surface area contributed by atoms with Crippen molar-refractivity contribution in [3.05, 3.63) is 29.3 Å². The van der Waals surface area contributed by atoms with Crippen LogP contribution in [0.25, 0.3) is 11.3 Å². The largest absolute Gasteiger partial charge is 0.502 e. The molecule has 0 saturated carbocycles. The lowest BCUT2D eigenvalue weighted by atomic mass is 10.1. The monoisotopic (exact) mass is 307 g/mol. The van der Waals surface area contributed by atoms with Gasteiger partial charge < -0.3 is 14.6 Å². The van der Waals surface area contributed by atoms with Crippen molar-refractivity contribution in [3.63, 3.8) is 0 Å². The van der Waals surface area contributed by atoms with E-state index in [2.05, 4.69) is 0 Å².